The molecule has 1 saturated heterocycles. The minimum Gasteiger partial charge on any atom is -0.352 e. The van der Waals surface area contributed by atoms with Crippen LogP contribution in [0.4, 0.5) is 5.69 Å². The first kappa shape index (κ1) is 27.6. The van der Waals surface area contributed by atoms with Crippen molar-refractivity contribution in [2.24, 2.45) is 0 Å². The number of carbonyl (C=O) groups is 1. The van der Waals surface area contributed by atoms with E-state index in [-0.39, 0.29) is 18.0 Å². The molecule has 5 rings (SSSR count). The summed E-state index contributed by atoms with van der Waals surface area (Å²) in [4.78, 5) is 19.8. The van der Waals surface area contributed by atoms with E-state index in [0.29, 0.717) is 18.1 Å². The number of thiocarbonyl (C=S) groups is 1. The number of amides is 1. The Labute approximate surface area is 242 Å². The lowest BCUT2D eigenvalue weighted by atomic mass is 9.96. The Morgan fingerprint density at radius 2 is 1.82 bits per heavy atom. The van der Waals surface area contributed by atoms with Gasteiger partial charge in [0.05, 0.1) is 23.5 Å². The van der Waals surface area contributed by atoms with Crippen LogP contribution < -0.4 is 10.6 Å². The van der Waals surface area contributed by atoms with Crippen molar-refractivity contribution in [1.82, 2.24) is 19.8 Å². The van der Waals surface area contributed by atoms with E-state index in [0.717, 1.165) is 23.4 Å². The maximum absolute atomic E-state index is 13.0. The van der Waals surface area contributed by atoms with Crippen molar-refractivity contribution < 1.29 is 4.79 Å². The third-order valence-electron chi connectivity index (χ3n) is 7.79. The van der Waals surface area contributed by atoms with Crippen molar-refractivity contribution in [3.63, 3.8) is 0 Å². The first-order chi connectivity index (χ1) is 19.3. The van der Waals surface area contributed by atoms with E-state index < -0.39 is 0 Å². The van der Waals surface area contributed by atoms with Crippen LogP contribution in [0.1, 0.15) is 64.8 Å². The van der Waals surface area contributed by atoms with Gasteiger partial charge in [0, 0.05) is 36.2 Å². The summed E-state index contributed by atoms with van der Waals surface area (Å²) < 4.78 is 2.38. The molecule has 6 nitrogen and oxygen atoms in total. The normalized spacial score (nSPS) is 16.7. The molecule has 0 saturated carbocycles. The van der Waals surface area contributed by atoms with Crippen molar-refractivity contribution in [3.05, 3.63) is 112 Å². The zero-order valence-corrected chi connectivity index (χ0v) is 24.7. The maximum Gasteiger partial charge on any atom is 0.226 e. The molecule has 1 amide bonds. The number of hydrogen-bond donors (Lipinski definition) is 2. The van der Waals surface area contributed by atoms with E-state index in [1.165, 1.54) is 33.8 Å². The summed E-state index contributed by atoms with van der Waals surface area (Å²) in [6.07, 6.45) is 3.09. The van der Waals surface area contributed by atoms with Crippen molar-refractivity contribution in [1.29, 1.82) is 0 Å². The highest BCUT2D eigenvalue weighted by atomic mass is 32.1. The molecule has 2 aromatic heterocycles. The molecular weight excluding hydrogens is 514 g/mol. The van der Waals surface area contributed by atoms with E-state index in [9.17, 15) is 4.79 Å². The first-order valence-electron chi connectivity index (χ1n) is 13.9. The number of anilines is 1. The second-order valence-electron chi connectivity index (χ2n) is 10.6. The molecular formula is C33H37N5OS. The summed E-state index contributed by atoms with van der Waals surface area (Å²) >= 11 is 5.88. The zero-order chi connectivity index (χ0) is 28.4. The van der Waals surface area contributed by atoms with Gasteiger partial charge in [0.25, 0.3) is 0 Å². The van der Waals surface area contributed by atoms with Crippen LogP contribution in [0.5, 0.6) is 0 Å². The largest absolute Gasteiger partial charge is 0.352 e. The van der Waals surface area contributed by atoms with Crippen LogP contribution in [0.15, 0.2) is 72.9 Å². The van der Waals surface area contributed by atoms with Gasteiger partial charge >= 0.3 is 0 Å². The molecule has 0 radical (unpaired) electrons. The van der Waals surface area contributed by atoms with Crippen LogP contribution in [-0.2, 0) is 11.2 Å². The van der Waals surface area contributed by atoms with Gasteiger partial charge in [-0.25, -0.2) is 0 Å². The highest BCUT2D eigenvalue weighted by Gasteiger charge is 2.41. The number of pyridine rings is 1. The molecule has 7 heteroatoms. The summed E-state index contributed by atoms with van der Waals surface area (Å²) in [7, 11) is 0. The maximum atomic E-state index is 13.0. The van der Waals surface area contributed by atoms with Crippen molar-refractivity contribution >= 4 is 28.9 Å². The lowest BCUT2D eigenvalue weighted by molar-refractivity contribution is -0.116. The van der Waals surface area contributed by atoms with E-state index in [1.807, 2.05) is 55.6 Å². The van der Waals surface area contributed by atoms with Crippen LogP contribution in [0, 0.1) is 27.7 Å². The van der Waals surface area contributed by atoms with Crippen molar-refractivity contribution in [2.75, 3.05) is 11.9 Å². The van der Waals surface area contributed by atoms with Gasteiger partial charge in [0.1, 0.15) is 0 Å². The quantitative estimate of drug-likeness (QED) is 0.240. The topological polar surface area (TPSA) is 62.2 Å². The fourth-order valence-corrected chi connectivity index (χ4v) is 6.24. The summed E-state index contributed by atoms with van der Waals surface area (Å²) in [5, 5.41) is 7.21. The molecule has 0 aliphatic carbocycles. The Morgan fingerprint density at radius 3 is 2.55 bits per heavy atom. The number of para-hydroxylation sites is 1. The fraction of sp³-hybridized carbons (Fsp3) is 0.303. The Bertz CT molecular complexity index is 1540. The third kappa shape index (κ3) is 5.39. The highest BCUT2D eigenvalue weighted by molar-refractivity contribution is 7.80. The van der Waals surface area contributed by atoms with E-state index in [4.69, 9.17) is 12.2 Å². The molecule has 1 aliphatic heterocycles. The van der Waals surface area contributed by atoms with Crippen LogP contribution in [-0.4, -0.2) is 32.0 Å². The van der Waals surface area contributed by atoms with Gasteiger partial charge in [-0.1, -0.05) is 43.3 Å². The summed E-state index contributed by atoms with van der Waals surface area (Å²) in [5.74, 6) is -0.0357. The Morgan fingerprint density at radius 1 is 1.02 bits per heavy atom. The number of hydrogen-bond acceptors (Lipinski definition) is 3. The molecule has 40 heavy (non-hydrogen) atoms. The molecule has 206 valence electrons. The van der Waals surface area contributed by atoms with E-state index in [2.05, 4.69) is 77.0 Å². The van der Waals surface area contributed by atoms with Crippen LogP contribution in [0.25, 0.3) is 5.69 Å². The average molecular weight is 552 g/mol. The zero-order valence-electron chi connectivity index (χ0n) is 23.9. The Hall–Kier alpha value is -3.97. The highest BCUT2D eigenvalue weighted by Crippen LogP contribution is 2.42. The molecule has 2 aromatic carbocycles. The van der Waals surface area contributed by atoms with Crippen molar-refractivity contribution in [3.8, 4) is 5.69 Å². The average Bonchev–Trinajstić information content (AvgIpc) is 3.42. The lowest BCUT2D eigenvalue weighted by Gasteiger charge is -2.28. The SMILES string of the molecule is CCc1cccc(C)c1-n1c(C)cc(C2C(c3ccccn3)NC(=S)N2CCC(=O)Nc2cccc(C)c2)c1C. The number of aryl methyl sites for hydroxylation is 4. The first-order valence-corrected chi connectivity index (χ1v) is 14.3. The fourth-order valence-electron chi connectivity index (χ4n) is 5.91. The monoisotopic (exact) mass is 551 g/mol. The number of aromatic nitrogens is 2. The van der Waals surface area contributed by atoms with E-state index in [1.54, 1.807) is 0 Å². The molecule has 1 fully saturated rings. The molecule has 4 aromatic rings. The van der Waals surface area contributed by atoms with Crippen LogP contribution >= 0.6 is 12.2 Å². The number of nitrogens with one attached hydrogen (secondary N) is 2. The summed E-state index contributed by atoms with van der Waals surface area (Å²) in [6, 6.07) is 22.4. The minimum atomic E-state index is -0.134. The standard InChI is InChI=1S/C33H37N5OS/c1-6-25-13-10-12-22(3)31(25)38-23(4)20-27(24(38)5)32-30(28-15-7-8-17-34-28)36-33(40)37(32)18-16-29(39)35-26-14-9-11-21(2)19-26/h7-15,17,19-20,30,32H,6,16,18H2,1-5H3,(H,35,39)(H,36,40). The smallest absolute Gasteiger partial charge is 0.226 e. The predicted molar refractivity (Wildman–Crippen MR) is 166 cm³/mol. The summed E-state index contributed by atoms with van der Waals surface area (Å²) in [6.45, 7) is 11.2. The second kappa shape index (κ2) is 11.6. The van der Waals surface area contributed by atoms with Gasteiger partial charge in [0.2, 0.25) is 5.91 Å². The van der Waals surface area contributed by atoms with Crippen molar-refractivity contribution in [2.45, 2.75) is 59.5 Å². The van der Waals surface area contributed by atoms with Gasteiger partial charge in [-0.05, 0) is 98.9 Å². The van der Waals surface area contributed by atoms with Crippen LogP contribution in [0.3, 0.4) is 0 Å². The minimum absolute atomic E-state index is 0.0357. The number of rotatable bonds is 8. The predicted octanol–water partition coefficient (Wildman–Crippen LogP) is 6.67. The van der Waals surface area contributed by atoms with Gasteiger partial charge < -0.3 is 20.1 Å². The number of benzene rings is 2. The second-order valence-corrected chi connectivity index (χ2v) is 11.0. The van der Waals surface area contributed by atoms with Gasteiger partial charge in [-0.2, -0.15) is 0 Å². The number of nitrogens with zero attached hydrogens (tertiary/aromatic N) is 3. The number of carbonyl (C=O) groups excluding carboxylic acids is 1. The molecule has 2 unspecified atom stereocenters. The lowest BCUT2D eigenvalue weighted by Crippen LogP contribution is -2.33. The molecule has 0 spiro atoms. The van der Waals surface area contributed by atoms with Gasteiger partial charge in [-0.15, -0.1) is 0 Å². The Kier molecular flexibility index (Phi) is 8.03. The molecule has 2 atom stereocenters. The third-order valence-corrected chi connectivity index (χ3v) is 8.15. The molecule has 0 bridgehead atoms. The van der Waals surface area contributed by atoms with E-state index >= 15 is 0 Å². The summed E-state index contributed by atoms with van der Waals surface area (Å²) in [5.41, 5.74) is 10.2. The molecule has 3 heterocycles. The molecule has 2 N–H and O–H groups in total. The molecule has 1 aliphatic rings. The van der Waals surface area contributed by atoms with Crippen LogP contribution in [0.2, 0.25) is 0 Å². The van der Waals surface area contributed by atoms with Gasteiger partial charge in [0.15, 0.2) is 5.11 Å². The Balaban J connectivity index is 1.51. The van der Waals surface area contributed by atoms with Gasteiger partial charge in [-0.3, -0.25) is 9.78 Å².